The highest BCUT2D eigenvalue weighted by atomic mass is 32.2. The van der Waals surface area contributed by atoms with Crippen LogP contribution in [0.2, 0.25) is 0 Å². The van der Waals surface area contributed by atoms with Crippen molar-refractivity contribution in [1.82, 2.24) is 4.90 Å². The van der Waals surface area contributed by atoms with E-state index in [9.17, 15) is 4.79 Å². The quantitative estimate of drug-likeness (QED) is 0.725. The third-order valence-corrected chi connectivity index (χ3v) is 6.23. The summed E-state index contributed by atoms with van der Waals surface area (Å²) in [6.45, 7) is 12.4. The van der Waals surface area contributed by atoms with E-state index in [0.717, 1.165) is 5.75 Å². The highest BCUT2D eigenvalue weighted by Gasteiger charge is 2.45. The zero-order valence-electron chi connectivity index (χ0n) is 13.6. The smallest absolute Gasteiger partial charge is 0.234 e. The molecule has 0 unspecified atom stereocenters. The van der Waals surface area contributed by atoms with Crippen LogP contribution in [-0.2, 0) is 9.53 Å². The Morgan fingerprint density at radius 3 is 2.35 bits per heavy atom. The summed E-state index contributed by atoms with van der Waals surface area (Å²) in [6.07, 6.45) is 0. The van der Waals surface area contributed by atoms with Crippen LogP contribution in [0.25, 0.3) is 0 Å². The Kier molecular flexibility index (Phi) is 6.05. The second kappa shape index (κ2) is 6.75. The summed E-state index contributed by atoms with van der Waals surface area (Å²) in [4.78, 5) is 14.8. The first-order chi connectivity index (χ1) is 9.16. The molecule has 0 saturated carbocycles. The number of thiocarbonyl (C=S) groups is 1. The molecule has 0 bridgehead atoms. The summed E-state index contributed by atoms with van der Waals surface area (Å²) in [6, 6.07) is 0.204. The fourth-order valence-electron chi connectivity index (χ4n) is 2.55. The number of ether oxygens (including phenoxy) is 1. The van der Waals surface area contributed by atoms with E-state index in [0.29, 0.717) is 10.2 Å². The third-order valence-electron chi connectivity index (χ3n) is 4.73. The topological polar surface area (TPSA) is 29.5 Å². The molecule has 5 heteroatoms. The van der Waals surface area contributed by atoms with Crippen molar-refractivity contribution >= 4 is 34.2 Å². The Balaban J connectivity index is 3.01. The van der Waals surface area contributed by atoms with Gasteiger partial charge in [0, 0.05) is 18.9 Å². The molecule has 0 radical (unpaired) electrons. The van der Waals surface area contributed by atoms with Crippen LogP contribution in [0.4, 0.5) is 0 Å². The van der Waals surface area contributed by atoms with Crippen molar-refractivity contribution in [2.45, 2.75) is 53.2 Å². The molecule has 3 nitrogen and oxygen atoms in total. The van der Waals surface area contributed by atoms with Gasteiger partial charge < -0.3 is 4.74 Å². The molecule has 3 atom stereocenters. The molecule has 0 spiro atoms. The molecule has 1 amide bonds. The van der Waals surface area contributed by atoms with Crippen LogP contribution in [0.1, 0.15) is 41.5 Å². The molecule has 0 N–H and O–H groups in total. The van der Waals surface area contributed by atoms with Crippen molar-refractivity contribution in [1.29, 1.82) is 0 Å². The Hall–Kier alpha value is -0.130. The van der Waals surface area contributed by atoms with E-state index in [-0.39, 0.29) is 23.8 Å². The van der Waals surface area contributed by atoms with Crippen LogP contribution >= 0.6 is 24.0 Å². The maximum absolute atomic E-state index is 12.9. The summed E-state index contributed by atoms with van der Waals surface area (Å²) >= 11 is 6.99. The summed E-state index contributed by atoms with van der Waals surface area (Å²) in [7, 11) is 1.68. The fourth-order valence-corrected chi connectivity index (χ4v) is 4.19. The number of hydrogen-bond donors (Lipinski definition) is 0. The zero-order valence-corrected chi connectivity index (χ0v) is 15.2. The van der Waals surface area contributed by atoms with Gasteiger partial charge in [0.05, 0.1) is 11.5 Å². The second-order valence-corrected chi connectivity index (χ2v) is 8.01. The lowest BCUT2D eigenvalue weighted by Gasteiger charge is -2.40. The number of thioether (sulfide) groups is 1. The van der Waals surface area contributed by atoms with E-state index < -0.39 is 5.60 Å². The van der Waals surface area contributed by atoms with Crippen molar-refractivity contribution in [2.24, 2.45) is 17.8 Å². The highest BCUT2D eigenvalue weighted by molar-refractivity contribution is 8.23. The van der Waals surface area contributed by atoms with Crippen molar-refractivity contribution in [3.05, 3.63) is 0 Å². The number of rotatable bonds is 5. The summed E-state index contributed by atoms with van der Waals surface area (Å²) in [5, 5.41) is 0. The first kappa shape index (κ1) is 17.9. The van der Waals surface area contributed by atoms with Gasteiger partial charge in [0.2, 0.25) is 5.91 Å². The molecule has 20 heavy (non-hydrogen) atoms. The van der Waals surface area contributed by atoms with Gasteiger partial charge in [0.25, 0.3) is 0 Å². The zero-order chi connectivity index (χ0) is 15.7. The molecule has 1 aliphatic rings. The first-order valence-corrected chi connectivity index (χ1v) is 8.61. The summed E-state index contributed by atoms with van der Waals surface area (Å²) < 4.78 is 6.39. The van der Waals surface area contributed by atoms with E-state index in [2.05, 4.69) is 27.7 Å². The monoisotopic (exact) mass is 317 g/mol. The molecule has 0 aliphatic carbocycles. The molecular weight excluding hydrogens is 290 g/mol. The highest BCUT2D eigenvalue weighted by Crippen LogP contribution is 2.35. The minimum absolute atomic E-state index is 0.0942. The first-order valence-electron chi connectivity index (χ1n) is 7.21. The van der Waals surface area contributed by atoms with Gasteiger partial charge in [-0.15, -0.1) is 0 Å². The van der Waals surface area contributed by atoms with Crippen LogP contribution < -0.4 is 0 Å². The van der Waals surface area contributed by atoms with E-state index >= 15 is 0 Å². The van der Waals surface area contributed by atoms with Crippen molar-refractivity contribution < 1.29 is 9.53 Å². The lowest BCUT2D eigenvalue weighted by Crippen LogP contribution is -2.52. The predicted octanol–water partition coefficient (Wildman–Crippen LogP) is 3.57. The van der Waals surface area contributed by atoms with Crippen LogP contribution in [0.3, 0.4) is 0 Å². The van der Waals surface area contributed by atoms with Gasteiger partial charge >= 0.3 is 0 Å². The largest absolute Gasteiger partial charge is 0.377 e. The average Bonchev–Trinajstić information content (AvgIpc) is 2.77. The number of hydrogen-bond acceptors (Lipinski definition) is 4. The number of carbonyl (C=O) groups is 1. The van der Waals surface area contributed by atoms with Crippen LogP contribution in [-0.4, -0.2) is 39.6 Å². The molecule has 0 aromatic rings. The Labute approximate surface area is 132 Å². The molecule has 0 aromatic carbocycles. The molecule has 1 aliphatic heterocycles. The molecule has 1 heterocycles. The second-order valence-electron chi connectivity index (χ2n) is 6.36. The third kappa shape index (κ3) is 3.20. The Morgan fingerprint density at radius 2 is 1.95 bits per heavy atom. The van der Waals surface area contributed by atoms with Crippen LogP contribution in [0, 0.1) is 17.8 Å². The SMILES string of the molecule is CO[C@](C)(C(C)C)[C@@H](C)C(=O)N1C(=S)SC[C@@H]1C(C)C. The van der Waals surface area contributed by atoms with Gasteiger partial charge in [-0.1, -0.05) is 58.6 Å². The lowest BCUT2D eigenvalue weighted by molar-refractivity contribution is -0.147. The van der Waals surface area contributed by atoms with Crippen LogP contribution in [0.15, 0.2) is 0 Å². The van der Waals surface area contributed by atoms with Gasteiger partial charge in [-0.2, -0.15) is 0 Å². The van der Waals surface area contributed by atoms with E-state index in [4.69, 9.17) is 17.0 Å². The van der Waals surface area contributed by atoms with Gasteiger partial charge in [-0.3, -0.25) is 9.69 Å². The van der Waals surface area contributed by atoms with Crippen molar-refractivity contribution in [3.8, 4) is 0 Å². The molecule has 0 aromatic heterocycles. The molecular formula is C15H27NO2S2. The van der Waals surface area contributed by atoms with E-state index in [1.165, 1.54) is 0 Å². The van der Waals surface area contributed by atoms with E-state index in [1.54, 1.807) is 18.9 Å². The van der Waals surface area contributed by atoms with Gasteiger partial charge in [0.15, 0.2) is 0 Å². The summed E-state index contributed by atoms with van der Waals surface area (Å²) in [5.41, 5.74) is -0.471. The average molecular weight is 318 g/mol. The summed E-state index contributed by atoms with van der Waals surface area (Å²) in [5.74, 6) is 1.45. The standard InChI is InChI=1S/C15H27NO2S2/c1-9(2)12-8-20-14(19)16(12)13(17)11(5)15(6,18-7)10(3)4/h9-12H,8H2,1-7H3/t11-,12+,15+/m0/s1. The predicted molar refractivity (Wildman–Crippen MR) is 89.9 cm³/mol. The van der Waals surface area contributed by atoms with E-state index in [1.807, 2.05) is 18.7 Å². The number of nitrogens with zero attached hydrogens (tertiary/aromatic N) is 1. The van der Waals surface area contributed by atoms with Gasteiger partial charge in [-0.05, 0) is 18.8 Å². The molecule has 1 fully saturated rings. The van der Waals surface area contributed by atoms with Crippen LogP contribution in [0.5, 0.6) is 0 Å². The Morgan fingerprint density at radius 1 is 1.40 bits per heavy atom. The molecule has 1 saturated heterocycles. The number of amides is 1. The van der Waals surface area contributed by atoms with Crippen molar-refractivity contribution in [2.75, 3.05) is 12.9 Å². The minimum atomic E-state index is -0.471. The number of carbonyl (C=O) groups excluding carboxylic acids is 1. The van der Waals surface area contributed by atoms with Gasteiger partial charge in [0.1, 0.15) is 4.32 Å². The van der Waals surface area contributed by atoms with Gasteiger partial charge in [-0.25, -0.2) is 0 Å². The minimum Gasteiger partial charge on any atom is -0.377 e. The molecule has 1 rings (SSSR count). The molecule has 116 valence electrons. The maximum Gasteiger partial charge on any atom is 0.234 e. The normalized spacial score (nSPS) is 24.4. The maximum atomic E-state index is 12.9. The lowest BCUT2D eigenvalue weighted by atomic mass is 9.80. The Bertz CT molecular complexity index is 384. The number of methoxy groups -OCH3 is 1. The van der Waals surface area contributed by atoms with Crippen molar-refractivity contribution in [3.63, 3.8) is 0 Å². The fraction of sp³-hybridized carbons (Fsp3) is 0.867.